The zero-order chi connectivity index (χ0) is 40.0. The molecular weight excluding hydrogens is 719 g/mol. The Balaban J connectivity index is 1.03. The van der Waals surface area contributed by atoms with E-state index in [1.54, 1.807) is 12.1 Å². The van der Waals surface area contributed by atoms with Gasteiger partial charge in [-0.1, -0.05) is 121 Å². The van der Waals surface area contributed by atoms with Gasteiger partial charge in [0.25, 0.3) is 0 Å². The number of anilines is 3. The SMILES string of the molecule is C/C=c1\c(=C/Cc2ccc(N(C)c3ccccc3)c(-c3ccc(N)c(O)c3)c2)c2ccccc2n1-c1ccc(-c2ccc3c(c2)c2c(c4ccccc43)CCC=C2)cc1. The number of aromatic hydroxyl groups is 1. The van der Waals surface area contributed by atoms with Crippen molar-refractivity contribution in [3.05, 3.63) is 191 Å². The third kappa shape index (κ3) is 6.34. The molecule has 1 aliphatic rings. The van der Waals surface area contributed by atoms with Crippen LogP contribution in [0.15, 0.2) is 164 Å². The first-order chi connectivity index (χ1) is 29.0. The zero-order valence-electron chi connectivity index (χ0n) is 33.4. The molecule has 0 amide bonds. The molecule has 0 bridgehead atoms. The highest BCUT2D eigenvalue weighted by Gasteiger charge is 2.17. The number of fused-ring (bicyclic) bond motifs is 7. The van der Waals surface area contributed by atoms with Gasteiger partial charge in [0.2, 0.25) is 0 Å². The number of hydrogen-bond donors (Lipinski definition) is 2. The Kier molecular flexibility index (Phi) is 9.10. The third-order valence-corrected chi connectivity index (χ3v) is 12.2. The van der Waals surface area contributed by atoms with Gasteiger partial charge in [-0.2, -0.15) is 0 Å². The van der Waals surface area contributed by atoms with Crippen molar-refractivity contribution in [2.45, 2.75) is 26.2 Å². The van der Waals surface area contributed by atoms with Gasteiger partial charge in [0.05, 0.1) is 11.2 Å². The van der Waals surface area contributed by atoms with Crippen molar-refractivity contribution in [2.24, 2.45) is 0 Å². The van der Waals surface area contributed by atoms with E-state index in [9.17, 15) is 5.11 Å². The molecule has 0 unspecified atom stereocenters. The number of aromatic nitrogens is 1. The van der Waals surface area contributed by atoms with E-state index in [1.807, 2.05) is 24.3 Å². The first kappa shape index (κ1) is 36.1. The summed E-state index contributed by atoms with van der Waals surface area (Å²) in [5, 5.41) is 19.6. The lowest BCUT2D eigenvalue weighted by Crippen LogP contribution is -2.28. The minimum atomic E-state index is 0.0821. The molecule has 0 fully saturated rings. The predicted octanol–water partition coefficient (Wildman–Crippen LogP) is 12.1. The fourth-order valence-corrected chi connectivity index (χ4v) is 9.18. The molecule has 9 aromatic rings. The summed E-state index contributed by atoms with van der Waals surface area (Å²) < 4.78 is 2.39. The molecule has 4 heteroatoms. The van der Waals surface area contributed by atoms with Crippen LogP contribution in [0, 0.1) is 0 Å². The standard InChI is InChI=1S/C55H45N3O/c1-3-52-48(29-21-36-22-32-53(57(2)40-13-5-4-6-14-40)49(33-36)39-26-31-51(56)55(59)35-39)47-19-11-12-20-54(47)58(52)41-27-23-37(24-28-41)38-25-30-46-44-17-8-7-15-42(44)43-16-9-10-18-45(43)50(46)34-38/h3-8,10-15,17-20,22-35,59H,9,16,21,56H2,1-2H3/b48-29-,52-3+. The molecule has 0 radical (unpaired) electrons. The Morgan fingerprint density at radius 2 is 1.39 bits per heavy atom. The molecule has 4 nitrogen and oxygen atoms in total. The van der Waals surface area contributed by atoms with Gasteiger partial charge in [0, 0.05) is 45.6 Å². The molecule has 8 aromatic carbocycles. The van der Waals surface area contributed by atoms with Crippen molar-refractivity contribution < 1.29 is 5.11 Å². The smallest absolute Gasteiger partial charge is 0.139 e. The highest BCUT2D eigenvalue weighted by molar-refractivity contribution is 6.14. The summed E-state index contributed by atoms with van der Waals surface area (Å²) in [6.45, 7) is 2.13. The number of phenols is 1. The third-order valence-electron chi connectivity index (χ3n) is 12.2. The van der Waals surface area contributed by atoms with E-state index in [-0.39, 0.29) is 5.75 Å². The van der Waals surface area contributed by atoms with Crippen molar-refractivity contribution in [1.29, 1.82) is 0 Å². The fourth-order valence-electron chi connectivity index (χ4n) is 9.18. The Morgan fingerprint density at radius 3 is 2.19 bits per heavy atom. The molecular formula is C55H45N3O. The van der Waals surface area contributed by atoms with E-state index < -0.39 is 0 Å². The first-order valence-electron chi connectivity index (χ1n) is 20.5. The maximum Gasteiger partial charge on any atom is 0.139 e. The highest BCUT2D eigenvalue weighted by Crippen LogP contribution is 2.40. The monoisotopic (exact) mass is 763 g/mol. The number of phenolic OH excluding ortho intramolecular Hbond substituents is 1. The summed E-state index contributed by atoms with van der Waals surface area (Å²) in [6, 6.07) is 56.1. The van der Waals surface area contributed by atoms with E-state index in [4.69, 9.17) is 5.73 Å². The Bertz CT molecular complexity index is 3230. The number of allylic oxidation sites excluding steroid dienone is 1. The Labute approximate surface area is 344 Å². The molecule has 1 heterocycles. The van der Waals surface area contributed by atoms with E-state index >= 15 is 0 Å². The second-order valence-corrected chi connectivity index (χ2v) is 15.6. The number of rotatable bonds is 7. The summed E-state index contributed by atoms with van der Waals surface area (Å²) in [7, 11) is 2.08. The van der Waals surface area contributed by atoms with Gasteiger partial charge < -0.3 is 20.3 Å². The largest absolute Gasteiger partial charge is 0.506 e. The molecule has 1 aromatic heterocycles. The van der Waals surface area contributed by atoms with Gasteiger partial charge in [0.15, 0.2) is 0 Å². The van der Waals surface area contributed by atoms with Crippen LogP contribution in [0.3, 0.4) is 0 Å². The lowest BCUT2D eigenvalue weighted by molar-refractivity contribution is 0.478. The van der Waals surface area contributed by atoms with Crippen molar-refractivity contribution in [1.82, 2.24) is 4.57 Å². The fraction of sp³-hybridized carbons (Fsp3) is 0.0909. The maximum atomic E-state index is 10.6. The van der Waals surface area contributed by atoms with Crippen LogP contribution in [0.2, 0.25) is 0 Å². The minimum absolute atomic E-state index is 0.0821. The van der Waals surface area contributed by atoms with Gasteiger partial charge in [-0.25, -0.2) is 0 Å². The average molecular weight is 764 g/mol. The molecule has 3 N–H and O–H groups in total. The van der Waals surface area contributed by atoms with Crippen LogP contribution in [-0.4, -0.2) is 16.7 Å². The molecule has 0 atom stereocenters. The summed E-state index contributed by atoms with van der Waals surface area (Å²) in [4.78, 5) is 2.19. The van der Waals surface area contributed by atoms with E-state index in [1.165, 1.54) is 70.8 Å². The van der Waals surface area contributed by atoms with Gasteiger partial charge >= 0.3 is 0 Å². The molecule has 286 valence electrons. The maximum absolute atomic E-state index is 10.6. The number of nitrogen functional groups attached to an aromatic ring is 1. The summed E-state index contributed by atoms with van der Waals surface area (Å²) in [5.41, 5.74) is 19.2. The topological polar surface area (TPSA) is 54.4 Å². The molecule has 0 aliphatic heterocycles. The number of nitrogens with zero attached hydrogens (tertiary/aromatic N) is 2. The van der Waals surface area contributed by atoms with Gasteiger partial charge in [-0.05, 0) is 142 Å². The molecule has 10 rings (SSSR count). The van der Waals surface area contributed by atoms with Gasteiger partial charge in [-0.3, -0.25) is 0 Å². The first-order valence-corrected chi connectivity index (χ1v) is 20.5. The molecule has 0 saturated carbocycles. The normalized spacial score (nSPS) is 13.1. The Morgan fingerprint density at radius 1 is 0.678 bits per heavy atom. The van der Waals surface area contributed by atoms with E-state index in [0.29, 0.717) is 5.69 Å². The van der Waals surface area contributed by atoms with Crippen molar-refractivity contribution in [3.63, 3.8) is 0 Å². The second kappa shape index (κ2) is 14.9. The van der Waals surface area contributed by atoms with E-state index in [0.717, 1.165) is 47.5 Å². The van der Waals surface area contributed by atoms with Crippen molar-refractivity contribution in [2.75, 3.05) is 17.7 Å². The van der Waals surface area contributed by atoms with Gasteiger partial charge in [0.1, 0.15) is 5.75 Å². The van der Waals surface area contributed by atoms with Crippen LogP contribution >= 0.6 is 0 Å². The zero-order valence-corrected chi connectivity index (χ0v) is 33.4. The van der Waals surface area contributed by atoms with Crippen LogP contribution in [0.25, 0.3) is 78.6 Å². The number of para-hydroxylation sites is 2. The minimum Gasteiger partial charge on any atom is -0.506 e. The molecule has 0 spiro atoms. The lowest BCUT2D eigenvalue weighted by Gasteiger charge is -2.24. The molecule has 0 saturated heterocycles. The summed E-state index contributed by atoms with van der Waals surface area (Å²) >= 11 is 0. The van der Waals surface area contributed by atoms with Crippen molar-refractivity contribution in [3.8, 4) is 33.7 Å². The lowest BCUT2D eigenvalue weighted by atomic mass is 9.86. The Hall–Kier alpha value is -7.30. The van der Waals surface area contributed by atoms with Crippen LogP contribution in [-0.2, 0) is 12.8 Å². The van der Waals surface area contributed by atoms with E-state index in [2.05, 4.69) is 169 Å². The van der Waals surface area contributed by atoms with Crippen LogP contribution in [0.1, 0.15) is 30.0 Å². The van der Waals surface area contributed by atoms with Crippen LogP contribution in [0.4, 0.5) is 17.1 Å². The van der Waals surface area contributed by atoms with Crippen LogP contribution < -0.4 is 21.2 Å². The summed E-state index contributed by atoms with van der Waals surface area (Å²) in [5.74, 6) is 0.0821. The predicted molar refractivity (Wildman–Crippen MR) is 251 cm³/mol. The second-order valence-electron chi connectivity index (χ2n) is 15.6. The number of aryl methyl sites for hydroxylation is 1. The van der Waals surface area contributed by atoms with Gasteiger partial charge in [-0.15, -0.1) is 0 Å². The highest BCUT2D eigenvalue weighted by atomic mass is 16.3. The summed E-state index contributed by atoms with van der Waals surface area (Å²) in [6.07, 6.45) is 12.1. The molecule has 59 heavy (non-hydrogen) atoms. The number of hydrogen-bond acceptors (Lipinski definition) is 3. The van der Waals surface area contributed by atoms with Crippen molar-refractivity contribution >= 4 is 67.7 Å². The number of benzene rings is 8. The van der Waals surface area contributed by atoms with Crippen LogP contribution in [0.5, 0.6) is 5.75 Å². The quantitative estimate of drug-likeness (QED) is 0.0965. The number of nitrogens with two attached hydrogens (primary N) is 1. The molecule has 1 aliphatic carbocycles. The average Bonchev–Trinajstić information content (AvgIpc) is 3.62.